The summed E-state index contributed by atoms with van der Waals surface area (Å²) in [6.45, 7) is 2.10. The molecule has 2 aromatic rings. The second-order valence-corrected chi connectivity index (χ2v) is 5.01. The van der Waals surface area contributed by atoms with Gasteiger partial charge in [-0.3, -0.25) is 5.10 Å². The number of nitrogens with one attached hydrogen (secondary N) is 1. The number of H-pyrrole nitrogens is 1. The Hall–Kier alpha value is -1.08. The third-order valence-electron chi connectivity index (χ3n) is 2.28. The lowest BCUT2D eigenvalue weighted by molar-refractivity contribution is 0.0518. The maximum Gasteiger partial charge on any atom is 0.357 e. The maximum atomic E-state index is 11.7. The number of aromatic amines is 1. The van der Waals surface area contributed by atoms with Crippen LogP contribution in [0.3, 0.4) is 0 Å². The van der Waals surface area contributed by atoms with Gasteiger partial charge in [0, 0.05) is 10.6 Å². The normalized spacial score (nSPS) is 10.4. The van der Waals surface area contributed by atoms with E-state index in [0.29, 0.717) is 23.0 Å². The van der Waals surface area contributed by atoms with E-state index in [1.807, 2.05) is 12.1 Å². The minimum atomic E-state index is -0.400. The van der Waals surface area contributed by atoms with Crippen molar-refractivity contribution < 1.29 is 9.53 Å². The molecule has 0 spiro atoms. The van der Waals surface area contributed by atoms with Gasteiger partial charge in [0.25, 0.3) is 0 Å². The molecule has 0 atom stereocenters. The number of esters is 1. The van der Waals surface area contributed by atoms with E-state index in [1.165, 1.54) is 0 Å². The number of aromatic nitrogens is 2. The van der Waals surface area contributed by atoms with Crippen LogP contribution in [-0.4, -0.2) is 22.8 Å². The molecule has 0 radical (unpaired) electrons. The number of carbonyl (C=O) groups is 1. The van der Waals surface area contributed by atoms with Crippen molar-refractivity contribution in [2.45, 2.75) is 6.92 Å². The van der Waals surface area contributed by atoms with Gasteiger partial charge < -0.3 is 4.74 Å². The average molecular weight is 377 g/mol. The molecule has 0 saturated heterocycles. The number of benzene rings is 1. The minimum absolute atomic E-state index is 0.334. The molecule has 1 N–H and O–H groups in total. The summed E-state index contributed by atoms with van der Waals surface area (Å²) in [6.07, 6.45) is 0. The Labute approximate surface area is 123 Å². The third kappa shape index (κ3) is 2.67. The molecule has 2 rings (SSSR count). The number of nitrogens with zero attached hydrogens (tertiary/aromatic N) is 1. The van der Waals surface area contributed by atoms with Crippen LogP contribution in [0.1, 0.15) is 17.4 Å². The first-order chi connectivity index (χ1) is 8.63. The Bertz CT molecular complexity index is 583. The molecule has 4 nitrogen and oxygen atoms in total. The molecule has 0 aliphatic heterocycles. The number of hydrogen-bond donors (Lipinski definition) is 1. The van der Waals surface area contributed by atoms with Gasteiger partial charge in [-0.25, -0.2) is 4.79 Å². The molecule has 1 heterocycles. The fourth-order valence-electron chi connectivity index (χ4n) is 1.49. The summed E-state index contributed by atoms with van der Waals surface area (Å²) in [5, 5.41) is 7.47. The molecular weight excluding hydrogens is 367 g/mol. The Morgan fingerprint density at radius 3 is 3.00 bits per heavy atom. The maximum absolute atomic E-state index is 11.7. The van der Waals surface area contributed by atoms with E-state index in [0.717, 1.165) is 9.13 Å². The van der Waals surface area contributed by atoms with E-state index < -0.39 is 5.97 Å². The van der Waals surface area contributed by atoms with Crippen molar-refractivity contribution in [2.75, 3.05) is 6.61 Å². The van der Waals surface area contributed by atoms with Gasteiger partial charge in [-0.2, -0.15) is 5.10 Å². The van der Waals surface area contributed by atoms with Crippen LogP contribution in [0.4, 0.5) is 0 Å². The van der Waals surface area contributed by atoms with Gasteiger partial charge in [-0.1, -0.05) is 23.7 Å². The molecule has 18 heavy (non-hydrogen) atoms. The first-order valence-corrected chi connectivity index (χ1v) is 6.76. The number of ether oxygens (including phenoxy) is 1. The fourth-order valence-corrected chi connectivity index (χ4v) is 2.46. The molecule has 1 aromatic carbocycles. The summed E-state index contributed by atoms with van der Waals surface area (Å²) < 4.78 is 5.67. The summed E-state index contributed by atoms with van der Waals surface area (Å²) in [5.41, 5.74) is 1.92. The molecule has 0 fully saturated rings. The summed E-state index contributed by atoms with van der Waals surface area (Å²) in [4.78, 5) is 11.7. The van der Waals surface area contributed by atoms with Crippen LogP contribution >= 0.6 is 34.2 Å². The standard InChI is InChI=1S/C12H10ClIN2O2/c1-2-18-12(17)11-9(14)10(15-16-11)7-4-3-5-8(13)6-7/h3-6H,2H2,1H3,(H,15,16). The average Bonchev–Trinajstić information content (AvgIpc) is 2.71. The quantitative estimate of drug-likeness (QED) is 0.659. The zero-order valence-electron chi connectivity index (χ0n) is 9.54. The fraction of sp³-hybridized carbons (Fsp3) is 0.167. The lowest BCUT2D eigenvalue weighted by Crippen LogP contribution is -2.06. The van der Waals surface area contributed by atoms with E-state index >= 15 is 0 Å². The molecular formula is C12H10ClIN2O2. The zero-order chi connectivity index (χ0) is 13.1. The van der Waals surface area contributed by atoms with Gasteiger partial charge in [0.1, 0.15) is 5.69 Å². The molecule has 6 heteroatoms. The van der Waals surface area contributed by atoms with Crippen molar-refractivity contribution in [1.82, 2.24) is 10.2 Å². The zero-order valence-corrected chi connectivity index (χ0v) is 12.4. The highest BCUT2D eigenvalue weighted by Crippen LogP contribution is 2.27. The van der Waals surface area contributed by atoms with E-state index in [1.54, 1.807) is 19.1 Å². The van der Waals surface area contributed by atoms with Crippen molar-refractivity contribution in [1.29, 1.82) is 0 Å². The highest BCUT2D eigenvalue weighted by atomic mass is 127. The smallest absolute Gasteiger partial charge is 0.357 e. The predicted molar refractivity (Wildman–Crippen MR) is 77.7 cm³/mol. The van der Waals surface area contributed by atoms with E-state index in [4.69, 9.17) is 16.3 Å². The Morgan fingerprint density at radius 2 is 2.33 bits per heavy atom. The van der Waals surface area contributed by atoms with Crippen molar-refractivity contribution in [3.05, 3.63) is 38.6 Å². The predicted octanol–water partition coefficient (Wildman–Crippen LogP) is 3.51. The third-order valence-corrected chi connectivity index (χ3v) is 3.57. The van der Waals surface area contributed by atoms with Crippen molar-refractivity contribution in [2.24, 2.45) is 0 Å². The van der Waals surface area contributed by atoms with Crippen LogP contribution < -0.4 is 0 Å². The lowest BCUT2D eigenvalue weighted by Gasteiger charge is -2.00. The summed E-state index contributed by atoms with van der Waals surface area (Å²) in [5.74, 6) is -0.400. The lowest BCUT2D eigenvalue weighted by atomic mass is 10.1. The summed E-state index contributed by atoms with van der Waals surface area (Å²) >= 11 is 8.00. The SMILES string of the molecule is CCOC(=O)c1[nH]nc(-c2cccc(Cl)c2)c1I. The van der Waals surface area contributed by atoms with Crippen LogP contribution in [0.2, 0.25) is 5.02 Å². The van der Waals surface area contributed by atoms with E-state index in [9.17, 15) is 4.79 Å². The highest BCUT2D eigenvalue weighted by molar-refractivity contribution is 14.1. The van der Waals surface area contributed by atoms with Crippen molar-refractivity contribution >= 4 is 40.2 Å². The van der Waals surface area contributed by atoms with Crippen LogP contribution in [0, 0.1) is 3.57 Å². The molecule has 0 unspecified atom stereocenters. The topological polar surface area (TPSA) is 55.0 Å². The summed E-state index contributed by atoms with van der Waals surface area (Å²) in [7, 11) is 0. The molecule has 0 amide bonds. The number of halogens is 2. The molecule has 0 aliphatic carbocycles. The van der Waals surface area contributed by atoms with Gasteiger partial charge in [0.2, 0.25) is 0 Å². The summed E-state index contributed by atoms with van der Waals surface area (Å²) in [6, 6.07) is 7.32. The number of hydrogen-bond acceptors (Lipinski definition) is 3. The second kappa shape index (κ2) is 5.71. The van der Waals surface area contributed by atoms with E-state index in [-0.39, 0.29) is 0 Å². The minimum Gasteiger partial charge on any atom is -0.461 e. The van der Waals surface area contributed by atoms with Gasteiger partial charge >= 0.3 is 5.97 Å². The van der Waals surface area contributed by atoms with Gasteiger partial charge in [-0.15, -0.1) is 0 Å². The van der Waals surface area contributed by atoms with Gasteiger partial charge in [0.15, 0.2) is 5.69 Å². The highest BCUT2D eigenvalue weighted by Gasteiger charge is 2.19. The molecule has 0 saturated carbocycles. The number of carbonyl (C=O) groups excluding carboxylic acids is 1. The second-order valence-electron chi connectivity index (χ2n) is 3.49. The first-order valence-electron chi connectivity index (χ1n) is 5.30. The van der Waals surface area contributed by atoms with Crippen molar-refractivity contribution in [3.63, 3.8) is 0 Å². The van der Waals surface area contributed by atoms with Crippen LogP contribution in [-0.2, 0) is 4.74 Å². The molecule has 94 valence electrons. The monoisotopic (exact) mass is 376 g/mol. The van der Waals surface area contributed by atoms with Crippen LogP contribution in [0.25, 0.3) is 11.3 Å². The first kappa shape index (κ1) is 13.4. The van der Waals surface area contributed by atoms with E-state index in [2.05, 4.69) is 32.8 Å². The van der Waals surface area contributed by atoms with Gasteiger partial charge in [-0.05, 0) is 41.6 Å². The van der Waals surface area contributed by atoms with Crippen LogP contribution in [0.15, 0.2) is 24.3 Å². The Kier molecular flexibility index (Phi) is 4.23. The Balaban J connectivity index is 2.39. The van der Waals surface area contributed by atoms with Crippen LogP contribution in [0.5, 0.6) is 0 Å². The molecule has 1 aromatic heterocycles. The largest absolute Gasteiger partial charge is 0.461 e. The Morgan fingerprint density at radius 1 is 1.56 bits per heavy atom. The van der Waals surface area contributed by atoms with Gasteiger partial charge in [0.05, 0.1) is 10.2 Å². The van der Waals surface area contributed by atoms with Crippen molar-refractivity contribution in [3.8, 4) is 11.3 Å². The molecule has 0 aliphatic rings. The number of rotatable bonds is 3. The molecule has 0 bridgehead atoms.